The summed E-state index contributed by atoms with van der Waals surface area (Å²) in [5.41, 5.74) is 0. The minimum Gasteiger partial charge on any atom is -0.113 e. The van der Waals surface area contributed by atoms with Crippen LogP contribution < -0.4 is 0 Å². The Balaban J connectivity index is 3.25. The molecule has 0 aromatic heterocycles. The fourth-order valence-electron chi connectivity index (χ4n) is 1.14. The van der Waals surface area contributed by atoms with E-state index in [4.69, 9.17) is 0 Å². The molecule has 0 radical (unpaired) electrons. The second-order valence-corrected chi connectivity index (χ2v) is 12.1. The summed E-state index contributed by atoms with van der Waals surface area (Å²) in [6.45, 7) is 12.1. The number of hydrogen-bond donors (Lipinski definition) is 0. The first kappa shape index (κ1) is 14.3. The highest BCUT2D eigenvalue weighted by molar-refractivity contribution is 7.60. The molecule has 0 fully saturated rings. The maximum Gasteiger partial charge on any atom is -0.0289 e. The fraction of sp³-hybridized carbons (Fsp3) is 1.00. The second-order valence-electron chi connectivity index (χ2n) is 4.26. The third-order valence-electron chi connectivity index (χ3n) is 2.07. The third-order valence-corrected chi connectivity index (χ3v) is 6.82. The summed E-state index contributed by atoms with van der Waals surface area (Å²) in [5, 5.41) is 0. The van der Waals surface area contributed by atoms with Crippen LogP contribution in [-0.4, -0.2) is 58.0 Å². The van der Waals surface area contributed by atoms with Gasteiger partial charge in [-0.1, -0.05) is 0 Å². The van der Waals surface area contributed by atoms with E-state index >= 15 is 0 Å². The summed E-state index contributed by atoms with van der Waals surface area (Å²) < 4.78 is 0. The highest BCUT2D eigenvalue weighted by Gasteiger charge is 2.03. The van der Waals surface area contributed by atoms with Crippen molar-refractivity contribution in [2.24, 2.45) is 0 Å². The molecule has 0 aliphatic carbocycles. The van der Waals surface area contributed by atoms with E-state index in [1.807, 2.05) is 0 Å². The summed E-state index contributed by atoms with van der Waals surface area (Å²) in [7, 11) is 1.10. The van der Waals surface area contributed by atoms with Crippen molar-refractivity contribution in [1.82, 2.24) is 0 Å². The van der Waals surface area contributed by atoms with Crippen LogP contribution in [0.3, 0.4) is 0 Å². The molecule has 80 valence electrons. The maximum atomic E-state index is 2.49. The van der Waals surface area contributed by atoms with Gasteiger partial charge in [0.2, 0.25) is 0 Å². The van der Waals surface area contributed by atoms with Crippen molar-refractivity contribution in [3.05, 3.63) is 0 Å². The molecule has 3 heteroatoms. The van der Waals surface area contributed by atoms with Crippen molar-refractivity contribution in [1.29, 1.82) is 0 Å². The summed E-state index contributed by atoms with van der Waals surface area (Å²) in [6.07, 6.45) is 7.55. The Kier molecular flexibility index (Phi) is 9.44. The van der Waals surface area contributed by atoms with E-state index < -0.39 is 0 Å². The predicted octanol–water partition coefficient (Wildman–Crippen LogP) is 3.97. The molecule has 0 saturated carbocycles. The molecule has 1 unspecified atom stereocenters. The molecule has 0 spiro atoms. The van der Waals surface area contributed by atoms with Gasteiger partial charge in [0.15, 0.2) is 0 Å². The normalized spacial score (nSPS) is 14.1. The van der Waals surface area contributed by atoms with E-state index in [1.165, 1.54) is 31.1 Å². The molecule has 13 heavy (non-hydrogen) atoms. The van der Waals surface area contributed by atoms with E-state index in [0.717, 1.165) is 0 Å². The lowest BCUT2D eigenvalue weighted by molar-refractivity contribution is 1.10. The maximum absolute atomic E-state index is 2.49. The molecule has 0 aliphatic heterocycles. The molecule has 0 aromatic carbocycles. The molecule has 0 heterocycles. The quantitative estimate of drug-likeness (QED) is 0.589. The van der Waals surface area contributed by atoms with Gasteiger partial charge < -0.3 is 0 Å². The fourth-order valence-corrected chi connectivity index (χ4v) is 6.07. The number of hydrogen-bond acceptors (Lipinski definition) is 0. The molecule has 0 saturated heterocycles. The van der Waals surface area contributed by atoms with Gasteiger partial charge in [-0.2, -0.15) is 0 Å². The molecule has 0 rings (SSSR count). The van der Waals surface area contributed by atoms with Crippen LogP contribution in [0.4, 0.5) is 0 Å². The molecule has 0 N–H and O–H groups in total. The van der Waals surface area contributed by atoms with E-state index in [0.29, 0.717) is 23.8 Å². The van der Waals surface area contributed by atoms with Gasteiger partial charge in [-0.25, -0.2) is 0 Å². The molecule has 0 nitrogen and oxygen atoms in total. The average molecular weight is 238 g/mol. The lowest BCUT2D eigenvalue weighted by atomic mass is 10.6. The van der Waals surface area contributed by atoms with Crippen LogP contribution >= 0.6 is 23.8 Å². The van der Waals surface area contributed by atoms with Crippen LogP contribution in [0.1, 0.15) is 6.42 Å². The minimum absolute atomic E-state index is 0.360. The average Bonchev–Trinajstić information content (AvgIpc) is 2.00. The summed E-state index contributed by atoms with van der Waals surface area (Å²) >= 11 is 0. The summed E-state index contributed by atoms with van der Waals surface area (Å²) in [5.74, 6) is 0. The topological polar surface area (TPSA) is 0 Å². The first-order chi connectivity index (χ1) is 6.02. The van der Waals surface area contributed by atoms with Gasteiger partial charge in [0.05, 0.1) is 0 Å². The van der Waals surface area contributed by atoms with Crippen molar-refractivity contribution in [3.63, 3.8) is 0 Å². The van der Waals surface area contributed by atoms with Crippen molar-refractivity contribution < 1.29 is 0 Å². The zero-order chi connectivity index (χ0) is 10.3. The zero-order valence-corrected chi connectivity index (χ0v) is 12.6. The highest BCUT2D eigenvalue weighted by Crippen LogP contribution is 2.37. The Morgan fingerprint density at radius 2 is 1.15 bits per heavy atom. The molecule has 0 bridgehead atoms. The smallest absolute Gasteiger partial charge is 0.0289 e. The van der Waals surface area contributed by atoms with Crippen LogP contribution in [-0.2, 0) is 0 Å². The van der Waals surface area contributed by atoms with Crippen molar-refractivity contribution in [2.45, 2.75) is 6.42 Å². The molecule has 0 aliphatic rings. The van der Waals surface area contributed by atoms with E-state index in [2.05, 4.69) is 33.3 Å². The predicted molar refractivity (Wildman–Crippen MR) is 74.5 cm³/mol. The van der Waals surface area contributed by atoms with Crippen LogP contribution in [0.2, 0.25) is 0 Å². The minimum atomic E-state index is 0.360. The van der Waals surface area contributed by atoms with Crippen LogP contribution in [0.15, 0.2) is 0 Å². The van der Waals surface area contributed by atoms with Crippen LogP contribution in [0.5, 0.6) is 0 Å². The largest absolute Gasteiger partial charge is 0.113 e. The Labute approximate surface area is 88.5 Å². The standard InChI is InChI=1S/C10H25P3/c1-11(2)7-6-8-13(5)10-9-12(3)4/h6-10H2,1-5H3. The van der Waals surface area contributed by atoms with E-state index in [9.17, 15) is 0 Å². The SMILES string of the molecule is CP(C)CCCP(C)CCP(C)C. The summed E-state index contributed by atoms with van der Waals surface area (Å²) in [6, 6.07) is 0. The van der Waals surface area contributed by atoms with Gasteiger partial charge in [0, 0.05) is 0 Å². The van der Waals surface area contributed by atoms with E-state index in [-0.39, 0.29) is 0 Å². The second kappa shape index (κ2) is 8.59. The lowest BCUT2D eigenvalue weighted by Gasteiger charge is -2.14. The molecule has 0 amide bonds. The van der Waals surface area contributed by atoms with Gasteiger partial charge in [-0.05, 0) is 64.4 Å². The van der Waals surface area contributed by atoms with Crippen LogP contribution in [0, 0.1) is 0 Å². The van der Waals surface area contributed by atoms with Crippen molar-refractivity contribution in [3.8, 4) is 0 Å². The molecule has 0 aromatic rings. The Morgan fingerprint density at radius 1 is 0.615 bits per heavy atom. The van der Waals surface area contributed by atoms with Crippen molar-refractivity contribution in [2.75, 3.05) is 58.0 Å². The van der Waals surface area contributed by atoms with Gasteiger partial charge in [0.25, 0.3) is 0 Å². The molecular weight excluding hydrogens is 213 g/mol. The Morgan fingerprint density at radius 3 is 1.62 bits per heavy atom. The number of rotatable bonds is 7. The van der Waals surface area contributed by atoms with Gasteiger partial charge in [-0.15, -0.1) is 23.8 Å². The Bertz CT molecular complexity index is 113. The zero-order valence-electron chi connectivity index (χ0n) is 9.88. The first-order valence-electron chi connectivity index (χ1n) is 5.00. The van der Waals surface area contributed by atoms with Gasteiger partial charge in [0.1, 0.15) is 0 Å². The highest BCUT2D eigenvalue weighted by atomic mass is 31.1. The first-order valence-corrected chi connectivity index (χ1v) is 12.0. The Hall–Kier alpha value is 1.29. The summed E-state index contributed by atoms with van der Waals surface area (Å²) in [4.78, 5) is 0. The third kappa shape index (κ3) is 11.2. The van der Waals surface area contributed by atoms with Gasteiger partial charge >= 0.3 is 0 Å². The molecular formula is C10H25P3. The van der Waals surface area contributed by atoms with Crippen LogP contribution in [0.25, 0.3) is 0 Å². The van der Waals surface area contributed by atoms with Gasteiger partial charge in [-0.3, -0.25) is 0 Å². The van der Waals surface area contributed by atoms with E-state index in [1.54, 1.807) is 0 Å². The monoisotopic (exact) mass is 238 g/mol. The molecule has 1 atom stereocenters. The lowest BCUT2D eigenvalue weighted by Crippen LogP contribution is -1.95. The van der Waals surface area contributed by atoms with Crippen molar-refractivity contribution >= 4 is 23.8 Å².